The van der Waals surface area contributed by atoms with Gasteiger partial charge in [-0.2, -0.15) is 4.31 Å². The molecule has 1 aromatic heterocycles. The predicted octanol–water partition coefficient (Wildman–Crippen LogP) is 3.86. The molecule has 2 N–H and O–H groups in total. The number of nitrogens with zero attached hydrogens (tertiary/aromatic N) is 2. The Morgan fingerprint density at radius 1 is 1.13 bits per heavy atom. The Morgan fingerprint density at radius 2 is 1.81 bits per heavy atom. The molecule has 2 atom stereocenters. The minimum Gasteiger partial charge on any atom is -0.273 e. The first kappa shape index (κ1) is 21.7. The lowest BCUT2D eigenvalue weighted by Gasteiger charge is -2.34. The van der Waals surface area contributed by atoms with E-state index in [4.69, 9.17) is 0 Å². The molecule has 1 fully saturated rings. The van der Waals surface area contributed by atoms with Gasteiger partial charge < -0.3 is 0 Å². The average Bonchev–Trinajstić information content (AvgIpc) is 3.16. The maximum absolute atomic E-state index is 13.8. The number of hydrogen-bond donors (Lipinski definition) is 2. The van der Waals surface area contributed by atoms with E-state index in [-0.39, 0.29) is 10.4 Å². The molecule has 0 aliphatic carbocycles. The lowest BCUT2D eigenvalue weighted by atomic mass is 9.94. The molecule has 1 aliphatic rings. The SMILES string of the molecule is C[C@@H]1C[C@H](C)CN(S(=O)(=O)c2ccc(C(=O)NNc3nc4c(F)cccc4s3)cc2)C1. The molecular formula is C21H23FN4O3S2. The quantitative estimate of drug-likeness (QED) is 0.562. The number of nitrogens with one attached hydrogen (secondary N) is 2. The summed E-state index contributed by atoms with van der Waals surface area (Å²) in [4.78, 5) is 16.7. The molecule has 31 heavy (non-hydrogen) atoms. The number of thiazole rings is 1. The van der Waals surface area contributed by atoms with Gasteiger partial charge in [0.1, 0.15) is 11.3 Å². The van der Waals surface area contributed by atoms with Gasteiger partial charge in [-0.3, -0.25) is 15.6 Å². The van der Waals surface area contributed by atoms with Gasteiger partial charge in [0.25, 0.3) is 5.91 Å². The van der Waals surface area contributed by atoms with E-state index in [1.54, 1.807) is 12.1 Å². The molecule has 2 heterocycles. The van der Waals surface area contributed by atoms with Gasteiger partial charge in [0.05, 0.1) is 9.60 Å². The van der Waals surface area contributed by atoms with Crippen LogP contribution in [-0.2, 0) is 10.0 Å². The zero-order valence-electron chi connectivity index (χ0n) is 17.1. The van der Waals surface area contributed by atoms with Gasteiger partial charge in [0.15, 0.2) is 0 Å². The summed E-state index contributed by atoms with van der Waals surface area (Å²) in [6, 6.07) is 10.5. The number of anilines is 1. The topological polar surface area (TPSA) is 91.4 Å². The molecule has 0 spiro atoms. The number of benzene rings is 2. The zero-order valence-corrected chi connectivity index (χ0v) is 18.8. The van der Waals surface area contributed by atoms with Crippen LogP contribution in [0.3, 0.4) is 0 Å². The highest BCUT2D eigenvalue weighted by atomic mass is 32.2. The third-order valence-electron chi connectivity index (χ3n) is 5.24. The van der Waals surface area contributed by atoms with Gasteiger partial charge in [0.2, 0.25) is 15.2 Å². The van der Waals surface area contributed by atoms with Crippen LogP contribution in [0.25, 0.3) is 10.2 Å². The number of piperidine rings is 1. The van der Waals surface area contributed by atoms with Gasteiger partial charge in [-0.15, -0.1) is 0 Å². The number of para-hydroxylation sites is 1. The summed E-state index contributed by atoms with van der Waals surface area (Å²) in [6.45, 7) is 5.11. The fourth-order valence-corrected chi connectivity index (χ4v) is 6.39. The van der Waals surface area contributed by atoms with Crippen LogP contribution in [0.5, 0.6) is 0 Å². The van der Waals surface area contributed by atoms with Crippen molar-refractivity contribution in [2.45, 2.75) is 25.2 Å². The summed E-state index contributed by atoms with van der Waals surface area (Å²) in [5.41, 5.74) is 5.71. The summed E-state index contributed by atoms with van der Waals surface area (Å²) in [6.07, 6.45) is 1.01. The number of carbonyl (C=O) groups excluding carboxylic acids is 1. The molecule has 7 nitrogen and oxygen atoms in total. The predicted molar refractivity (Wildman–Crippen MR) is 119 cm³/mol. The van der Waals surface area contributed by atoms with Gasteiger partial charge in [-0.05, 0) is 54.7 Å². The highest BCUT2D eigenvalue weighted by molar-refractivity contribution is 7.89. The molecule has 0 saturated carbocycles. The van der Waals surface area contributed by atoms with E-state index >= 15 is 0 Å². The van der Waals surface area contributed by atoms with Crippen molar-refractivity contribution in [2.75, 3.05) is 18.5 Å². The Balaban J connectivity index is 1.43. The van der Waals surface area contributed by atoms with Crippen molar-refractivity contribution in [3.63, 3.8) is 0 Å². The van der Waals surface area contributed by atoms with E-state index in [0.717, 1.165) is 6.42 Å². The van der Waals surface area contributed by atoms with E-state index in [1.165, 1.54) is 46.0 Å². The highest BCUT2D eigenvalue weighted by Crippen LogP contribution is 2.28. The summed E-state index contributed by atoms with van der Waals surface area (Å²) in [5.74, 6) is -0.261. The van der Waals surface area contributed by atoms with E-state index < -0.39 is 21.7 Å². The Bertz CT molecular complexity index is 1200. The fourth-order valence-electron chi connectivity index (χ4n) is 3.88. The number of halogens is 1. The normalized spacial score (nSPS) is 20.0. The van der Waals surface area contributed by atoms with E-state index in [2.05, 4.69) is 29.7 Å². The van der Waals surface area contributed by atoms with Crippen molar-refractivity contribution >= 4 is 42.6 Å². The third-order valence-corrected chi connectivity index (χ3v) is 8.02. The second-order valence-electron chi connectivity index (χ2n) is 7.98. The van der Waals surface area contributed by atoms with E-state index in [9.17, 15) is 17.6 Å². The second kappa shape index (κ2) is 8.52. The van der Waals surface area contributed by atoms with Crippen LogP contribution in [0.4, 0.5) is 9.52 Å². The Kier molecular flexibility index (Phi) is 5.96. The Hall–Kier alpha value is -2.56. The molecule has 164 valence electrons. The minimum atomic E-state index is -3.60. The Morgan fingerprint density at radius 3 is 2.45 bits per heavy atom. The van der Waals surface area contributed by atoms with Crippen LogP contribution in [-0.4, -0.2) is 36.7 Å². The molecular weight excluding hydrogens is 439 g/mol. The number of hydrogen-bond acceptors (Lipinski definition) is 6. The number of sulfonamides is 1. The van der Waals surface area contributed by atoms with Crippen LogP contribution >= 0.6 is 11.3 Å². The monoisotopic (exact) mass is 462 g/mol. The van der Waals surface area contributed by atoms with Crippen molar-refractivity contribution in [3.8, 4) is 0 Å². The summed E-state index contributed by atoms with van der Waals surface area (Å²) < 4.78 is 41.9. The number of amides is 1. The number of hydrazine groups is 1. The molecule has 2 aromatic carbocycles. The number of aromatic nitrogens is 1. The lowest BCUT2D eigenvalue weighted by molar-refractivity contribution is 0.0962. The Labute approximate surface area is 184 Å². The van der Waals surface area contributed by atoms with Crippen molar-refractivity contribution < 1.29 is 17.6 Å². The van der Waals surface area contributed by atoms with E-state index in [1.807, 2.05) is 0 Å². The van der Waals surface area contributed by atoms with Crippen LogP contribution in [0, 0.1) is 17.7 Å². The van der Waals surface area contributed by atoms with E-state index in [0.29, 0.717) is 40.3 Å². The highest BCUT2D eigenvalue weighted by Gasteiger charge is 2.31. The molecule has 1 saturated heterocycles. The molecule has 0 unspecified atom stereocenters. The zero-order chi connectivity index (χ0) is 22.2. The number of rotatable bonds is 5. The molecule has 10 heteroatoms. The van der Waals surface area contributed by atoms with Gasteiger partial charge in [-0.25, -0.2) is 17.8 Å². The standard InChI is InChI=1S/C21H23FN4O3S2/c1-13-10-14(2)12-26(11-13)31(28,29)16-8-6-15(7-9-16)20(27)24-25-21-23-19-17(22)4-3-5-18(19)30-21/h3-9,13-14H,10-12H2,1-2H3,(H,23,25)(H,24,27)/t13-,14+. The lowest BCUT2D eigenvalue weighted by Crippen LogP contribution is -2.42. The first-order valence-electron chi connectivity index (χ1n) is 9.95. The fraction of sp³-hybridized carbons (Fsp3) is 0.333. The first-order valence-corrected chi connectivity index (χ1v) is 12.2. The smallest absolute Gasteiger partial charge is 0.269 e. The molecule has 1 amide bonds. The van der Waals surface area contributed by atoms with Crippen molar-refractivity contribution in [1.29, 1.82) is 0 Å². The number of fused-ring (bicyclic) bond motifs is 1. The average molecular weight is 463 g/mol. The third kappa shape index (κ3) is 4.56. The second-order valence-corrected chi connectivity index (χ2v) is 10.9. The first-order chi connectivity index (χ1) is 14.7. The molecule has 0 radical (unpaired) electrons. The van der Waals surface area contributed by atoms with Gasteiger partial charge >= 0.3 is 0 Å². The van der Waals surface area contributed by atoms with Crippen LogP contribution in [0.15, 0.2) is 47.4 Å². The summed E-state index contributed by atoms with van der Waals surface area (Å²) in [5, 5.41) is 0.348. The van der Waals surface area contributed by atoms with Gasteiger partial charge in [0, 0.05) is 18.7 Å². The maximum atomic E-state index is 13.8. The minimum absolute atomic E-state index is 0.167. The number of carbonyl (C=O) groups is 1. The maximum Gasteiger partial charge on any atom is 0.269 e. The van der Waals surface area contributed by atoms with Crippen molar-refractivity contribution in [1.82, 2.24) is 14.7 Å². The van der Waals surface area contributed by atoms with Crippen molar-refractivity contribution in [3.05, 3.63) is 53.8 Å². The molecule has 1 aliphatic heterocycles. The molecule has 3 aromatic rings. The van der Waals surface area contributed by atoms with Crippen LogP contribution in [0.2, 0.25) is 0 Å². The van der Waals surface area contributed by atoms with Crippen LogP contribution in [0.1, 0.15) is 30.6 Å². The van der Waals surface area contributed by atoms with Crippen molar-refractivity contribution in [2.24, 2.45) is 11.8 Å². The largest absolute Gasteiger partial charge is 0.273 e. The van der Waals surface area contributed by atoms with Crippen LogP contribution < -0.4 is 10.9 Å². The summed E-state index contributed by atoms with van der Waals surface area (Å²) in [7, 11) is -3.60. The summed E-state index contributed by atoms with van der Waals surface area (Å²) >= 11 is 1.21. The molecule has 4 rings (SSSR count). The molecule has 0 bridgehead atoms. The van der Waals surface area contributed by atoms with Gasteiger partial charge in [-0.1, -0.05) is 31.3 Å².